The van der Waals surface area contributed by atoms with Gasteiger partial charge in [-0.15, -0.1) is 0 Å². The third kappa shape index (κ3) is 6.14. The minimum Gasteiger partial charge on any atom is -0.381 e. The molecule has 1 aliphatic heterocycles. The first-order chi connectivity index (χ1) is 11.9. The summed E-state index contributed by atoms with van der Waals surface area (Å²) in [6.07, 6.45) is 2.49. The zero-order valence-electron chi connectivity index (χ0n) is 14.9. The van der Waals surface area contributed by atoms with Crippen molar-refractivity contribution in [3.8, 4) is 0 Å². The Hall–Kier alpha value is -0.810. The summed E-state index contributed by atoms with van der Waals surface area (Å²) in [7, 11) is 0. The van der Waals surface area contributed by atoms with Gasteiger partial charge >= 0.3 is 0 Å². The van der Waals surface area contributed by atoms with Crippen LogP contribution < -0.4 is 11.1 Å². The van der Waals surface area contributed by atoms with E-state index in [4.69, 9.17) is 33.7 Å². The highest BCUT2D eigenvalue weighted by molar-refractivity contribution is 6.35. The van der Waals surface area contributed by atoms with Gasteiger partial charge in [0.05, 0.1) is 6.04 Å². The van der Waals surface area contributed by atoms with Gasteiger partial charge in [-0.3, -0.25) is 4.79 Å². The topological polar surface area (TPSA) is 64.4 Å². The third-order valence-corrected chi connectivity index (χ3v) is 5.64. The van der Waals surface area contributed by atoms with Crippen LogP contribution in [0.15, 0.2) is 18.2 Å². The number of nitrogens with two attached hydrogens (primary N) is 1. The smallest absolute Gasteiger partial charge is 0.237 e. The normalized spacial score (nSPS) is 18.2. The highest BCUT2D eigenvalue weighted by Gasteiger charge is 2.27. The number of amides is 1. The van der Waals surface area contributed by atoms with E-state index in [2.05, 4.69) is 19.2 Å². The number of hydrogen-bond donors (Lipinski definition) is 2. The van der Waals surface area contributed by atoms with Gasteiger partial charge in [0.2, 0.25) is 5.91 Å². The molecule has 1 saturated heterocycles. The summed E-state index contributed by atoms with van der Waals surface area (Å²) in [6, 6.07) is 5.10. The van der Waals surface area contributed by atoms with Crippen molar-refractivity contribution in [1.82, 2.24) is 5.32 Å². The number of halogens is 2. The molecule has 1 heterocycles. The second-order valence-corrected chi connectivity index (χ2v) is 8.01. The van der Waals surface area contributed by atoms with E-state index in [1.807, 2.05) is 12.1 Å². The van der Waals surface area contributed by atoms with Crippen LogP contribution in [0.1, 0.15) is 32.3 Å². The fourth-order valence-corrected chi connectivity index (χ4v) is 3.64. The SMILES string of the molecule is CC(C)C(CNC(=O)C(N)C1CCOCC1)Cc1ccc(Cl)cc1Cl. The molecule has 4 nitrogen and oxygen atoms in total. The van der Waals surface area contributed by atoms with Gasteiger partial charge in [0.15, 0.2) is 0 Å². The Morgan fingerprint density at radius 3 is 2.60 bits per heavy atom. The minimum atomic E-state index is -0.462. The van der Waals surface area contributed by atoms with Gasteiger partial charge in [0.1, 0.15) is 0 Å². The monoisotopic (exact) mass is 386 g/mol. The molecule has 1 aromatic carbocycles. The Morgan fingerprint density at radius 1 is 1.32 bits per heavy atom. The molecule has 1 fully saturated rings. The van der Waals surface area contributed by atoms with E-state index in [0.717, 1.165) is 24.8 Å². The van der Waals surface area contributed by atoms with Gasteiger partial charge in [-0.2, -0.15) is 0 Å². The van der Waals surface area contributed by atoms with Crippen LogP contribution in [0, 0.1) is 17.8 Å². The van der Waals surface area contributed by atoms with Crippen molar-refractivity contribution < 1.29 is 9.53 Å². The molecule has 0 bridgehead atoms. The van der Waals surface area contributed by atoms with E-state index < -0.39 is 6.04 Å². The molecule has 3 N–H and O–H groups in total. The van der Waals surface area contributed by atoms with E-state index in [1.165, 1.54) is 0 Å². The maximum atomic E-state index is 12.4. The Morgan fingerprint density at radius 2 is 2.00 bits per heavy atom. The molecule has 2 rings (SSSR count). The van der Waals surface area contributed by atoms with Gasteiger partial charge in [-0.25, -0.2) is 0 Å². The quantitative estimate of drug-likeness (QED) is 0.750. The van der Waals surface area contributed by atoms with Crippen LogP contribution in [0.25, 0.3) is 0 Å². The Labute approximate surface area is 160 Å². The first-order valence-electron chi connectivity index (χ1n) is 8.93. The van der Waals surface area contributed by atoms with Crippen LogP contribution in [0.5, 0.6) is 0 Å². The molecule has 2 atom stereocenters. The molecule has 140 valence electrons. The van der Waals surface area contributed by atoms with Crippen LogP contribution in [0.2, 0.25) is 10.0 Å². The summed E-state index contributed by atoms with van der Waals surface area (Å²) < 4.78 is 5.34. The van der Waals surface area contributed by atoms with Gasteiger partial charge in [0.25, 0.3) is 0 Å². The van der Waals surface area contributed by atoms with Gasteiger partial charge in [-0.05, 0) is 54.7 Å². The van der Waals surface area contributed by atoms with Crippen LogP contribution in [-0.2, 0) is 16.0 Å². The highest BCUT2D eigenvalue weighted by Crippen LogP contribution is 2.26. The second kappa shape index (κ2) is 9.77. The molecule has 0 spiro atoms. The van der Waals surface area contributed by atoms with Crippen molar-refractivity contribution in [2.45, 2.75) is 39.2 Å². The summed E-state index contributed by atoms with van der Waals surface area (Å²) in [6.45, 7) is 6.27. The number of ether oxygens (including phenoxy) is 1. The van der Waals surface area contributed by atoms with E-state index in [9.17, 15) is 4.79 Å². The first kappa shape index (κ1) is 20.5. The lowest BCUT2D eigenvalue weighted by Gasteiger charge is -2.28. The lowest BCUT2D eigenvalue weighted by atomic mass is 9.88. The molecule has 6 heteroatoms. The predicted octanol–water partition coefficient (Wildman–Crippen LogP) is 3.68. The Kier molecular flexibility index (Phi) is 8.01. The molecule has 2 unspecified atom stereocenters. The maximum Gasteiger partial charge on any atom is 0.237 e. The van der Waals surface area contributed by atoms with E-state index >= 15 is 0 Å². The fourth-order valence-electron chi connectivity index (χ4n) is 3.15. The molecule has 25 heavy (non-hydrogen) atoms. The molecule has 1 aliphatic rings. The lowest BCUT2D eigenvalue weighted by molar-refractivity contribution is -0.124. The van der Waals surface area contributed by atoms with E-state index in [1.54, 1.807) is 6.07 Å². The average Bonchev–Trinajstić information content (AvgIpc) is 2.59. The second-order valence-electron chi connectivity index (χ2n) is 7.16. The van der Waals surface area contributed by atoms with E-state index in [0.29, 0.717) is 35.7 Å². The third-order valence-electron chi connectivity index (χ3n) is 5.06. The molecule has 1 aromatic rings. The average molecular weight is 387 g/mol. The minimum absolute atomic E-state index is 0.0697. The zero-order chi connectivity index (χ0) is 18.4. The van der Waals surface area contributed by atoms with Crippen LogP contribution >= 0.6 is 23.2 Å². The Balaban J connectivity index is 1.91. The number of benzene rings is 1. The molecular formula is C19H28Cl2N2O2. The molecule has 0 aliphatic carbocycles. The molecular weight excluding hydrogens is 359 g/mol. The Bertz CT molecular complexity index is 575. The van der Waals surface area contributed by atoms with Crippen molar-refractivity contribution in [2.75, 3.05) is 19.8 Å². The lowest BCUT2D eigenvalue weighted by Crippen LogP contribution is -2.48. The number of nitrogens with one attached hydrogen (secondary N) is 1. The van der Waals surface area contributed by atoms with Crippen molar-refractivity contribution in [3.05, 3.63) is 33.8 Å². The van der Waals surface area contributed by atoms with Crippen LogP contribution in [-0.4, -0.2) is 31.7 Å². The van der Waals surface area contributed by atoms with Gasteiger partial charge in [0, 0.05) is 29.8 Å². The summed E-state index contributed by atoms with van der Waals surface area (Å²) in [4.78, 5) is 12.4. The van der Waals surface area contributed by atoms with Crippen molar-refractivity contribution >= 4 is 29.1 Å². The number of rotatable bonds is 7. The van der Waals surface area contributed by atoms with Crippen molar-refractivity contribution in [3.63, 3.8) is 0 Å². The fraction of sp³-hybridized carbons (Fsp3) is 0.632. The number of carbonyl (C=O) groups excluding carboxylic acids is 1. The molecule has 0 radical (unpaired) electrons. The molecule has 0 saturated carbocycles. The maximum absolute atomic E-state index is 12.4. The number of carbonyl (C=O) groups is 1. The number of hydrogen-bond acceptors (Lipinski definition) is 3. The summed E-state index contributed by atoms with van der Waals surface area (Å²) in [5, 5.41) is 4.34. The van der Waals surface area contributed by atoms with Crippen LogP contribution in [0.3, 0.4) is 0 Å². The first-order valence-corrected chi connectivity index (χ1v) is 9.69. The largest absolute Gasteiger partial charge is 0.381 e. The van der Waals surface area contributed by atoms with E-state index in [-0.39, 0.29) is 17.7 Å². The summed E-state index contributed by atoms with van der Waals surface area (Å²) in [5.41, 5.74) is 7.19. The van der Waals surface area contributed by atoms with Crippen molar-refractivity contribution in [1.29, 1.82) is 0 Å². The van der Waals surface area contributed by atoms with Crippen LogP contribution in [0.4, 0.5) is 0 Å². The van der Waals surface area contributed by atoms with Crippen molar-refractivity contribution in [2.24, 2.45) is 23.5 Å². The van der Waals surface area contributed by atoms with Gasteiger partial charge < -0.3 is 15.8 Å². The molecule has 0 aromatic heterocycles. The van der Waals surface area contributed by atoms with Gasteiger partial charge in [-0.1, -0.05) is 43.1 Å². The summed E-state index contributed by atoms with van der Waals surface area (Å²) >= 11 is 12.3. The highest BCUT2D eigenvalue weighted by atomic mass is 35.5. The zero-order valence-corrected chi connectivity index (χ0v) is 16.4. The molecule has 1 amide bonds. The standard InChI is InChI=1S/C19H28Cl2N2O2/c1-12(2)15(9-14-3-4-16(20)10-17(14)21)11-23-19(24)18(22)13-5-7-25-8-6-13/h3-4,10,12-13,15,18H,5-9,11,22H2,1-2H3,(H,23,24). The predicted molar refractivity (Wildman–Crippen MR) is 103 cm³/mol. The summed E-state index contributed by atoms with van der Waals surface area (Å²) in [5.74, 6) is 0.826.